The van der Waals surface area contributed by atoms with Gasteiger partial charge in [-0.15, -0.1) is 11.3 Å². The Balaban J connectivity index is 1.77. The van der Waals surface area contributed by atoms with E-state index in [0.29, 0.717) is 12.2 Å². The summed E-state index contributed by atoms with van der Waals surface area (Å²) in [5.74, 6) is -0.359. The molecule has 1 aliphatic rings. The van der Waals surface area contributed by atoms with E-state index < -0.39 is 0 Å². The maximum atomic E-state index is 12.1. The lowest BCUT2D eigenvalue weighted by atomic mass is 9.89. The lowest BCUT2D eigenvalue weighted by molar-refractivity contribution is 0.0250. The average molecular weight is 288 g/mol. The molecule has 0 saturated heterocycles. The van der Waals surface area contributed by atoms with Crippen LogP contribution in [0.5, 0.6) is 0 Å². The van der Waals surface area contributed by atoms with Crippen LogP contribution in [0.2, 0.25) is 0 Å². The average Bonchev–Trinajstić information content (AvgIpc) is 2.97. The van der Waals surface area contributed by atoms with Gasteiger partial charge in [0.1, 0.15) is 11.1 Å². The summed E-state index contributed by atoms with van der Waals surface area (Å²) in [6.45, 7) is 0.351. The van der Waals surface area contributed by atoms with E-state index in [1.54, 1.807) is 5.38 Å². The van der Waals surface area contributed by atoms with Crippen molar-refractivity contribution >= 4 is 17.3 Å². The number of rotatable bonds is 3. The monoisotopic (exact) mass is 288 g/mol. The number of carbonyl (C=O) groups is 1. The highest BCUT2D eigenvalue weighted by Crippen LogP contribution is 2.32. The molecular formula is C15H16N2O2S. The van der Waals surface area contributed by atoms with E-state index in [4.69, 9.17) is 10.5 Å². The zero-order chi connectivity index (χ0) is 13.9. The number of carbonyl (C=O) groups excluding carboxylic acids is 1. The first-order valence-corrected chi connectivity index (χ1v) is 7.59. The SMILES string of the molecule is NCc1nc(C(=O)OC2CCCc3ccccc32)cs1. The Morgan fingerprint density at radius 3 is 3.10 bits per heavy atom. The lowest BCUT2D eigenvalue weighted by Crippen LogP contribution is -2.17. The summed E-state index contributed by atoms with van der Waals surface area (Å²) in [6, 6.07) is 8.15. The van der Waals surface area contributed by atoms with Crippen LogP contribution in [0.4, 0.5) is 0 Å². The number of nitrogens with two attached hydrogens (primary N) is 1. The van der Waals surface area contributed by atoms with Crippen molar-refractivity contribution < 1.29 is 9.53 Å². The summed E-state index contributed by atoms with van der Waals surface area (Å²) < 4.78 is 5.63. The molecule has 0 amide bonds. The van der Waals surface area contributed by atoms with Crippen LogP contribution >= 0.6 is 11.3 Å². The third-order valence-corrected chi connectivity index (χ3v) is 4.37. The normalized spacial score (nSPS) is 17.6. The zero-order valence-corrected chi connectivity index (χ0v) is 11.9. The van der Waals surface area contributed by atoms with Crippen molar-refractivity contribution in [2.45, 2.75) is 31.9 Å². The number of aromatic nitrogens is 1. The lowest BCUT2D eigenvalue weighted by Gasteiger charge is -2.25. The maximum Gasteiger partial charge on any atom is 0.358 e. The fraction of sp³-hybridized carbons (Fsp3) is 0.333. The van der Waals surface area contributed by atoms with E-state index in [1.165, 1.54) is 16.9 Å². The fourth-order valence-corrected chi connectivity index (χ4v) is 3.16. The van der Waals surface area contributed by atoms with Crippen molar-refractivity contribution in [2.75, 3.05) is 0 Å². The number of esters is 1. The molecule has 1 aromatic heterocycles. The molecule has 0 fully saturated rings. The molecule has 1 unspecified atom stereocenters. The third-order valence-electron chi connectivity index (χ3n) is 3.50. The van der Waals surface area contributed by atoms with Crippen molar-refractivity contribution in [3.8, 4) is 0 Å². The van der Waals surface area contributed by atoms with Crippen LogP contribution in [0.15, 0.2) is 29.6 Å². The molecule has 0 spiro atoms. The summed E-state index contributed by atoms with van der Waals surface area (Å²) >= 11 is 1.39. The molecule has 1 atom stereocenters. The van der Waals surface area contributed by atoms with E-state index in [0.717, 1.165) is 29.8 Å². The second-order valence-electron chi connectivity index (χ2n) is 4.82. The number of benzene rings is 1. The minimum atomic E-state index is -0.359. The Morgan fingerprint density at radius 2 is 2.30 bits per heavy atom. The summed E-state index contributed by atoms with van der Waals surface area (Å²) in [7, 11) is 0. The predicted octanol–water partition coefficient (Wildman–Crippen LogP) is 2.84. The van der Waals surface area contributed by atoms with Crippen molar-refractivity contribution in [1.29, 1.82) is 0 Å². The van der Waals surface area contributed by atoms with Gasteiger partial charge in [0.15, 0.2) is 5.69 Å². The molecule has 2 aromatic rings. The van der Waals surface area contributed by atoms with Crippen LogP contribution in [-0.2, 0) is 17.7 Å². The molecule has 5 heteroatoms. The fourth-order valence-electron chi connectivity index (χ4n) is 2.52. The van der Waals surface area contributed by atoms with Gasteiger partial charge in [0.2, 0.25) is 0 Å². The van der Waals surface area contributed by atoms with Gasteiger partial charge in [0.25, 0.3) is 0 Å². The van der Waals surface area contributed by atoms with Crippen LogP contribution in [0.25, 0.3) is 0 Å². The Kier molecular flexibility index (Phi) is 3.80. The molecule has 0 aliphatic heterocycles. The first kappa shape index (κ1) is 13.3. The molecule has 104 valence electrons. The van der Waals surface area contributed by atoms with E-state index >= 15 is 0 Å². The van der Waals surface area contributed by atoms with Gasteiger partial charge in [-0.2, -0.15) is 0 Å². The first-order chi connectivity index (χ1) is 9.78. The smallest absolute Gasteiger partial charge is 0.358 e. The molecule has 4 nitrogen and oxygen atoms in total. The van der Waals surface area contributed by atoms with Crippen LogP contribution in [0, 0.1) is 0 Å². The highest BCUT2D eigenvalue weighted by atomic mass is 32.1. The largest absolute Gasteiger partial charge is 0.453 e. The number of aryl methyl sites for hydroxylation is 1. The van der Waals surface area contributed by atoms with Crippen LogP contribution in [-0.4, -0.2) is 11.0 Å². The second kappa shape index (κ2) is 5.73. The molecule has 1 heterocycles. The topological polar surface area (TPSA) is 65.2 Å². The minimum absolute atomic E-state index is 0.157. The van der Waals surface area contributed by atoms with E-state index in [1.807, 2.05) is 18.2 Å². The predicted molar refractivity (Wildman–Crippen MR) is 77.5 cm³/mol. The number of thiazole rings is 1. The summed E-state index contributed by atoms with van der Waals surface area (Å²) in [4.78, 5) is 16.3. The second-order valence-corrected chi connectivity index (χ2v) is 5.76. The molecule has 3 rings (SSSR count). The maximum absolute atomic E-state index is 12.1. The Bertz CT molecular complexity index is 624. The minimum Gasteiger partial charge on any atom is -0.453 e. The standard InChI is InChI=1S/C15H16N2O2S/c16-8-14-17-12(9-20-14)15(18)19-13-7-3-5-10-4-1-2-6-11(10)13/h1-2,4,6,9,13H,3,5,7-8,16H2. The number of ether oxygens (including phenoxy) is 1. The van der Waals surface area contributed by atoms with Gasteiger partial charge in [0.05, 0.1) is 0 Å². The quantitative estimate of drug-likeness (QED) is 0.882. The van der Waals surface area contributed by atoms with Gasteiger partial charge < -0.3 is 10.5 Å². The van der Waals surface area contributed by atoms with Crippen molar-refractivity contribution in [1.82, 2.24) is 4.98 Å². The molecule has 2 N–H and O–H groups in total. The van der Waals surface area contributed by atoms with Gasteiger partial charge in [-0.1, -0.05) is 24.3 Å². The van der Waals surface area contributed by atoms with Crippen molar-refractivity contribution in [3.63, 3.8) is 0 Å². The number of hydrogen-bond donors (Lipinski definition) is 1. The van der Waals surface area contributed by atoms with Gasteiger partial charge >= 0.3 is 5.97 Å². The van der Waals surface area contributed by atoms with Crippen molar-refractivity contribution in [2.24, 2.45) is 5.73 Å². The first-order valence-electron chi connectivity index (χ1n) is 6.71. The third kappa shape index (κ3) is 2.59. The van der Waals surface area contributed by atoms with Crippen molar-refractivity contribution in [3.05, 3.63) is 51.5 Å². The van der Waals surface area contributed by atoms with E-state index in [2.05, 4.69) is 11.1 Å². The van der Waals surface area contributed by atoms with Gasteiger partial charge in [-0.25, -0.2) is 9.78 Å². The molecule has 20 heavy (non-hydrogen) atoms. The highest BCUT2D eigenvalue weighted by molar-refractivity contribution is 7.09. The van der Waals surface area contributed by atoms with Crippen LogP contribution < -0.4 is 5.73 Å². The Morgan fingerprint density at radius 1 is 1.45 bits per heavy atom. The van der Waals surface area contributed by atoms with Gasteiger partial charge in [-0.3, -0.25) is 0 Å². The molecule has 1 aliphatic carbocycles. The summed E-state index contributed by atoms with van der Waals surface area (Å²) in [5, 5.41) is 2.46. The molecule has 1 aromatic carbocycles. The van der Waals surface area contributed by atoms with E-state index in [9.17, 15) is 4.79 Å². The Hall–Kier alpha value is -1.72. The number of fused-ring (bicyclic) bond motifs is 1. The summed E-state index contributed by atoms with van der Waals surface area (Å²) in [6.07, 6.45) is 2.81. The summed E-state index contributed by atoms with van der Waals surface area (Å²) in [5.41, 5.74) is 8.27. The van der Waals surface area contributed by atoms with Crippen LogP contribution in [0.1, 0.15) is 45.6 Å². The van der Waals surface area contributed by atoms with E-state index in [-0.39, 0.29) is 12.1 Å². The zero-order valence-electron chi connectivity index (χ0n) is 11.0. The molecule has 0 bridgehead atoms. The number of hydrogen-bond acceptors (Lipinski definition) is 5. The van der Waals surface area contributed by atoms with Gasteiger partial charge in [0, 0.05) is 11.9 Å². The number of nitrogens with zero attached hydrogens (tertiary/aromatic N) is 1. The van der Waals surface area contributed by atoms with Crippen LogP contribution in [0.3, 0.4) is 0 Å². The van der Waals surface area contributed by atoms with Gasteiger partial charge in [-0.05, 0) is 30.4 Å². The Labute approximate surface area is 121 Å². The molecular weight excluding hydrogens is 272 g/mol. The highest BCUT2D eigenvalue weighted by Gasteiger charge is 2.24. The molecule has 0 saturated carbocycles. The molecule has 0 radical (unpaired) electrons.